The number of hydrogen-bond donors (Lipinski definition) is 7. The van der Waals surface area contributed by atoms with Crippen LogP contribution in [-0.4, -0.2) is 76.8 Å². The smallest absolute Gasteiger partial charge is 0.176 e. The van der Waals surface area contributed by atoms with Crippen molar-refractivity contribution in [1.82, 2.24) is 0 Å². The van der Waals surface area contributed by atoms with E-state index in [0.717, 1.165) is 0 Å². The molecule has 1 heterocycles. The quantitative estimate of drug-likeness (QED) is 0.272. The molecule has 0 bridgehead atoms. The van der Waals surface area contributed by atoms with Crippen LogP contribution >= 0.6 is 0 Å². The van der Waals surface area contributed by atoms with Crippen molar-refractivity contribution in [3.63, 3.8) is 0 Å². The molecular weight excluding hydrogens is 280 g/mol. The van der Waals surface area contributed by atoms with E-state index < -0.39 is 42.9 Å². The molecule has 1 aliphatic carbocycles. The molecular formula is C12H26N4O5. The Kier molecular flexibility index (Phi) is 5.52. The molecule has 0 spiro atoms. The number of rotatable bonds is 3. The molecule has 9 heteroatoms. The lowest BCUT2D eigenvalue weighted by molar-refractivity contribution is -0.276. The third kappa shape index (κ3) is 3.52. The van der Waals surface area contributed by atoms with Gasteiger partial charge in [0, 0.05) is 25.0 Å². The fourth-order valence-corrected chi connectivity index (χ4v) is 2.81. The maximum atomic E-state index is 9.92. The van der Waals surface area contributed by atoms with Crippen molar-refractivity contribution in [3.8, 4) is 0 Å². The first-order valence-electron chi connectivity index (χ1n) is 7.17. The van der Waals surface area contributed by atoms with Gasteiger partial charge in [-0.05, 0) is 6.42 Å². The van der Waals surface area contributed by atoms with Crippen LogP contribution in [0.4, 0.5) is 0 Å². The number of hydrogen-bond acceptors (Lipinski definition) is 9. The van der Waals surface area contributed by atoms with E-state index in [-0.39, 0.29) is 25.0 Å². The Labute approximate surface area is 123 Å². The summed E-state index contributed by atoms with van der Waals surface area (Å²) in [5, 5.41) is 29.5. The van der Waals surface area contributed by atoms with Gasteiger partial charge in [0.25, 0.3) is 0 Å². The lowest BCUT2D eigenvalue weighted by Crippen LogP contribution is -2.65. The molecule has 9 atom stereocenters. The Morgan fingerprint density at radius 2 is 1.67 bits per heavy atom. The van der Waals surface area contributed by atoms with Crippen LogP contribution in [0.5, 0.6) is 0 Å². The fraction of sp³-hybridized carbons (Fsp3) is 1.00. The van der Waals surface area contributed by atoms with Gasteiger partial charge < -0.3 is 47.7 Å². The summed E-state index contributed by atoms with van der Waals surface area (Å²) >= 11 is 0. The van der Waals surface area contributed by atoms with Gasteiger partial charge in [0.2, 0.25) is 0 Å². The van der Waals surface area contributed by atoms with E-state index in [2.05, 4.69) is 0 Å². The minimum atomic E-state index is -1.20. The number of aliphatic hydroxyl groups is 3. The van der Waals surface area contributed by atoms with E-state index in [0.29, 0.717) is 6.42 Å². The Bertz CT molecular complexity index is 348. The molecule has 1 aliphatic heterocycles. The van der Waals surface area contributed by atoms with Gasteiger partial charge >= 0.3 is 0 Å². The zero-order valence-electron chi connectivity index (χ0n) is 11.8. The lowest BCUT2D eigenvalue weighted by Gasteiger charge is -2.44. The second-order valence-electron chi connectivity index (χ2n) is 5.88. The summed E-state index contributed by atoms with van der Waals surface area (Å²) in [5.74, 6) is 0. The van der Waals surface area contributed by atoms with Gasteiger partial charge in [0.1, 0.15) is 18.3 Å². The van der Waals surface area contributed by atoms with E-state index in [1.807, 2.05) is 0 Å². The van der Waals surface area contributed by atoms with Crippen molar-refractivity contribution in [2.45, 2.75) is 67.8 Å². The summed E-state index contributed by atoms with van der Waals surface area (Å²) in [5.41, 5.74) is 23.0. The maximum absolute atomic E-state index is 9.92. The molecule has 124 valence electrons. The molecule has 0 aromatic heterocycles. The minimum Gasteiger partial charge on any atom is -0.391 e. The largest absolute Gasteiger partial charge is 0.391 e. The van der Waals surface area contributed by atoms with Crippen LogP contribution in [0.1, 0.15) is 12.8 Å². The summed E-state index contributed by atoms with van der Waals surface area (Å²) in [4.78, 5) is 0. The second kappa shape index (κ2) is 6.82. The topological polar surface area (TPSA) is 183 Å². The highest BCUT2D eigenvalue weighted by atomic mass is 16.7. The molecule has 1 saturated heterocycles. The van der Waals surface area contributed by atoms with Gasteiger partial charge in [0.05, 0.1) is 18.2 Å². The first kappa shape index (κ1) is 17.0. The zero-order chi connectivity index (χ0) is 15.7. The minimum absolute atomic E-state index is 0.0228. The van der Waals surface area contributed by atoms with Crippen LogP contribution in [0.15, 0.2) is 0 Å². The number of nitrogens with two attached hydrogens (primary N) is 4. The van der Waals surface area contributed by atoms with Gasteiger partial charge in [-0.1, -0.05) is 0 Å². The summed E-state index contributed by atoms with van der Waals surface area (Å²) in [6.45, 7) is 0.0228. The van der Waals surface area contributed by atoms with E-state index >= 15 is 0 Å². The van der Waals surface area contributed by atoms with E-state index in [1.54, 1.807) is 0 Å². The van der Waals surface area contributed by atoms with Crippen molar-refractivity contribution in [2.75, 3.05) is 6.54 Å². The van der Waals surface area contributed by atoms with Crippen molar-refractivity contribution in [1.29, 1.82) is 0 Å². The van der Waals surface area contributed by atoms with Gasteiger partial charge in [-0.2, -0.15) is 0 Å². The SMILES string of the molecule is NC[C@@H]1O[C@@H](O[C@@H]2C[C@@H](O)[C@H](N)C[C@H]2N)[C@@H](N)[C@H](O)[C@H]1O. The van der Waals surface area contributed by atoms with E-state index in [1.165, 1.54) is 0 Å². The van der Waals surface area contributed by atoms with Crippen molar-refractivity contribution >= 4 is 0 Å². The molecule has 21 heavy (non-hydrogen) atoms. The third-order valence-corrected chi connectivity index (χ3v) is 4.28. The molecule has 1 saturated carbocycles. The van der Waals surface area contributed by atoms with Crippen LogP contribution in [0, 0.1) is 0 Å². The Morgan fingerprint density at radius 1 is 1.00 bits per heavy atom. The van der Waals surface area contributed by atoms with Crippen LogP contribution in [0.25, 0.3) is 0 Å². The highest BCUT2D eigenvalue weighted by Gasteiger charge is 2.45. The lowest BCUT2D eigenvalue weighted by atomic mass is 9.87. The molecule has 0 amide bonds. The average Bonchev–Trinajstić information content (AvgIpc) is 2.45. The Balaban J connectivity index is 2.01. The van der Waals surface area contributed by atoms with Crippen molar-refractivity contribution in [2.24, 2.45) is 22.9 Å². The van der Waals surface area contributed by atoms with Gasteiger partial charge in [-0.3, -0.25) is 0 Å². The molecule has 0 radical (unpaired) electrons. The Morgan fingerprint density at radius 3 is 2.29 bits per heavy atom. The third-order valence-electron chi connectivity index (χ3n) is 4.28. The van der Waals surface area contributed by atoms with E-state index in [4.69, 9.17) is 32.4 Å². The zero-order valence-corrected chi connectivity index (χ0v) is 11.8. The van der Waals surface area contributed by atoms with Gasteiger partial charge in [-0.15, -0.1) is 0 Å². The molecule has 0 unspecified atom stereocenters. The standard InChI is InChI=1S/C12H26N4O5/c13-3-8-10(18)11(19)9(16)12(21-8)20-7-2-6(17)4(14)1-5(7)15/h4-12,17-19H,1-3,13-16H2/t4-,5-,6-,7-,8+,9+,10+,11+,12-/m1/s1. The maximum Gasteiger partial charge on any atom is 0.176 e. The molecule has 2 fully saturated rings. The average molecular weight is 306 g/mol. The first-order valence-corrected chi connectivity index (χ1v) is 7.17. The molecule has 9 nitrogen and oxygen atoms in total. The monoisotopic (exact) mass is 306 g/mol. The first-order chi connectivity index (χ1) is 9.85. The number of ether oxygens (including phenoxy) is 2. The summed E-state index contributed by atoms with van der Waals surface area (Å²) in [6, 6.07) is -1.67. The molecule has 0 aromatic carbocycles. The summed E-state index contributed by atoms with van der Waals surface area (Å²) in [7, 11) is 0. The highest BCUT2D eigenvalue weighted by molar-refractivity contribution is 4.95. The van der Waals surface area contributed by atoms with Crippen LogP contribution in [0.3, 0.4) is 0 Å². The Hall–Kier alpha value is -0.360. The van der Waals surface area contributed by atoms with Crippen LogP contribution < -0.4 is 22.9 Å². The predicted molar refractivity (Wildman–Crippen MR) is 73.8 cm³/mol. The molecule has 11 N–H and O–H groups in total. The van der Waals surface area contributed by atoms with E-state index in [9.17, 15) is 15.3 Å². The van der Waals surface area contributed by atoms with Crippen molar-refractivity contribution < 1.29 is 24.8 Å². The van der Waals surface area contributed by atoms with Gasteiger partial charge in [0.15, 0.2) is 6.29 Å². The normalized spacial score (nSPS) is 51.9. The highest BCUT2D eigenvalue weighted by Crippen LogP contribution is 2.26. The molecule has 0 aromatic rings. The van der Waals surface area contributed by atoms with Gasteiger partial charge in [-0.25, -0.2) is 0 Å². The fourth-order valence-electron chi connectivity index (χ4n) is 2.81. The second-order valence-corrected chi connectivity index (χ2v) is 5.88. The van der Waals surface area contributed by atoms with Crippen molar-refractivity contribution in [3.05, 3.63) is 0 Å². The van der Waals surface area contributed by atoms with Crippen LogP contribution in [0.2, 0.25) is 0 Å². The number of aliphatic hydroxyl groups excluding tert-OH is 3. The van der Waals surface area contributed by atoms with Crippen LogP contribution in [-0.2, 0) is 9.47 Å². The summed E-state index contributed by atoms with van der Waals surface area (Å²) in [6.07, 6.45) is -4.60. The molecule has 2 rings (SSSR count). The predicted octanol–water partition coefficient (Wildman–Crippen LogP) is -4.09. The molecule has 2 aliphatic rings. The summed E-state index contributed by atoms with van der Waals surface area (Å²) < 4.78 is 11.2.